The third kappa shape index (κ3) is 8.74. The van der Waals surface area contributed by atoms with E-state index in [1.807, 2.05) is 72.8 Å². The summed E-state index contributed by atoms with van der Waals surface area (Å²) in [5, 5.41) is 6.15. The first kappa shape index (κ1) is 26.9. The zero-order valence-electron chi connectivity index (χ0n) is 20.6. The largest absolute Gasteiger partial charge is 0.378 e. The van der Waals surface area contributed by atoms with Crippen LogP contribution in [0.5, 0.6) is 0 Å². The number of nitrogens with one attached hydrogen (secondary N) is 2. The van der Waals surface area contributed by atoms with Crippen LogP contribution in [0.4, 0.5) is 4.79 Å². The molecule has 2 aromatic carbocycles. The molecule has 3 aromatic rings. The Kier molecular flexibility index (Phi) is 10.2. The van der Waals surface area contributed by atoms with Crippen LogP contribution in [0.3, 0.4) is 0 Å². The van der Waals surface area contributed by atoms with Crippen molar-refractivity contribution in [2.24, 2.45) is 0 Å². The van der Waals surface area contributed by atoms with Crippen molar-refractivity contribution in [1.29, 1.82) is 0 Å². The molecule has 2 atom stereocenters. The molecule has 2 unspecified atom stereocenters. The fourth-order valence-electron chi connectivity index (χ4n) is 4.16. The number of rotatable bonds is 10. The van der Waals surface area contributed by atoms with Gasteiger partial charge in [-0.05, 0) is 42.2 Å². The predicted octanol–water partition coefficient (Wildman–Crippen LogP) is 5.19. The van der Waals surface area contributed by atoms with Crippen molar-refractivity contribution in [2.45, 2.75) is 31.3 Å². The minimum absolute atomic E-state index is 0.211. The van der Waals surface area contributed by atoms with Gasteiger partial charge in [0.2, 0.25) is 5.91 Å². The summed E-state index contributed by atoms with van der Waals surface area (Å²) in [6, 6.07) is 22.6. The molecule has 37 heavy (non-hydrogen) atoms. The van der Waals surface area contributed by atoms with Crippen LogP contribution in [0.2, 0.25) is 4.34 Å². The Balaban J connectivity index is 1.48. The van der Waals surface area contributed by atoms with Crippen molar-refractivity contribution in [1.82, 2.24) is 15.5 Å². The molecule has 1 aliphatic rings. The fourth-order valence-corrected chi connectivity index (χ4v) is 5.14. The van der Waals surface area contributed by atoms with E-state index >= 15 is 0 Å². The van der Waals surface area contributed by atoms with Gasteiger partial charge >= 0.3 is 6.03 Å². The molecule has 2 N–H and O–H groups in total. The third-order valence-electron chi connectivity index (χ3n) is 6.20. The van der Waals surface area contributed by atoms with Crippen molar-refractivity contribution in [3.8, 4) is 0 Å². The maximum absolute atomic E-state index is 13.6. The van der Waals surface area contributed by atoms with Gasteiger partial charge in [0.25, 0.3) is 0 Å². The van der Waals surface area contributed by atoms with E-state index < -0.39 is 6.04 Å². The number of amides is 3. The summed E-state index contributed by atoms with van der Waals surface area (Å²) in [6.07, 6.45) is 5.93. The van der Waals surface area contributed by atoms with Gasteiger partial charge in [-0.25, -0.2) is 4.79 Å². The summed E-state index contributed by atoms with van der Waals surface area (Å²) in [6.45, 7) is 2.03. The van der Waals surface area contributed by atoms with E-state index in [1.54, 1.807) is 4.90 Å². The van der Waals surface area contributed by atoms with Gasteiger partial charge in [0.05, 0.1) is 17.6 Å². The Morgan fingerprint density at radius 2 is 1.62 bits per heavy atom. The van der Waals surface area contributed by atoms with Crippen molar-refractivity contribution < 1.29 is 14.3 Å². The molecule has 0 bridgehead atoms. The second-order valence-corrected chi connectivity index (χ2v) is 10.7. The van der Waals surface area contributed by atoms with Crippen molar-refractivity contribution in [2.75, 3.05) is 26.3 Å². The molecule has 8 heteroatoms. The van der Waals surface area contributed by atoms with Gasteiger partial charge in [-0.1, -0.05) is 78.3 Å². The third-order valence-corrected chi connectivity index (χ3v) is 7.39. The molecular weight excluding hydrogens is 506 g/mol. The lowest BCUT2D eigenvalue weighted by atomic mass is 10.0. The number of hydrogen-bond donors (Lipinski definition) is 2. The number of aryl methyl sites for hydroxylation is 1. The Bertz CT molecular complexity index is 1160. The van der Waals surface area contributed by atoms with E-state index in [9.17, 15) is 9.59 Å². The molecule has 1 saturated heterocycles. The first-order valence-corrected chi connectivity index (χ1v) is 13.7. The van der Waals surface area contributed by atoms with E-state index in [0.29, 0.717) is 32.7 Å². The molecule has 194 valence electrons. The monoisotopic (exact) mass is 537 g/mol. The summed E-state index contributed by atoms with van der Waals surface area (Å²) < 4.78 is 6.08. The van der Waals surface area contributed by atoms with E-state index in [2.05, 4.69) is 22.8 Å². The lowest BCUT2D eigenvalue weighted by Gasteiger charge is -2.29. The van der Waals surface area contributed by atoms with Crippen LogP contribution < -0.4 is 10.6 Å². The second kappa shape index (κ2) is 14.0. The average molecular weight is 538 g/mol. The van der Waals surface area contributed by atoms with Gasteiger partial charge in [0, 0.05) is 30.4 Å². The molecule has 4 rings (SSSR count). The molecule has 3 amide bonds. The summed E-state index contributed by atoms with van der Waals surface area (Å²) >= 11 is 7.58. The summed E-state index contributed by atoms with van der Waals surface area (Å²) in [5.41, 5.74) is 2.19. The van der Waals surface area contributed by atoms with Crippen LogP contribution in [-0.2, 0) is 22.4 Å². The average Bonchev–Trinajstić information content (AvgIpc) is 3.36. The highest BCUT2D eigenvalue weighted by Gasteiger charge is 2.26. The molecule has 1 fully saturated rings. The van der Waals surface area contributed by atoms with Crippen LogP contribution in [0.1, 0.15) is 22.4 Å². The smallest absolute Gasteiger partial charge is 0.318 e. The number of halogens is 1. The lowest BCUT2D eigenvalue weighted by molar-refractivity contribution is -0.123. The molecule has 1 aliphatic heterocycles. The Labute approximate surface area is 227 Å². The minimum Gasteiger partial charge on any atom is -0.378 e. The predicted molar refractivity (Wildman–Crippen MR) is 150 cm³/mol. The molecule has 0 radical (unpaired) electrons. The highest BCUT2D eigenvalue weighted by molar-refractivity contribution is 7.16. The van der Waals surface area contributed by atoms with E-state index in [4.69, 9.17) is 16.3 Å². The molecule has 1 aromatic heterocycles. The zero-order chi connectivity index (χ0) is 25.9. The summed E-state index contributed by atoms with van der Waals surface area (Å²) in [4.78, 5) is 29.3. The number of carbonyl (C=O) groups is 2. The number of ether oxygens (including phenoxy) is 1. The van der Waals surface area contributed by atoms with Gasteiger partial charge in [-0.3, -0.25) is 4.79 Å². The number of benzene rings is 2. The normalized spacial score (nSPS) is 15.3. The highest BCUT2D eigenvalue weighted by Crippen LogP contribution is 2.23. The van der Waals surface area contributed by atoms with Crippen LogP contribution in [0.25, 0.3) is 6.08 Å². The maximum atomic E-state index is 13.6. The molecule has 0 aliphatic carbocycles. The molecule has 2 heterocycles. The molecule has 0 spiro atoms. The lowest BCUT2D eigenvalue weighted by Crippen LogP contribution is -2.55. The minimum atomic E-state index is -0.707. The van der Waals surface area contributed by atoms with E-state index in [0.717, 1.165) is 27.6 Å². The number of carbonyl (C=O) groups excluding carboxylic acids is 2. The Morgan fingerprint density at radius 3 is 2.27 bits per heavy atom. The molecule has 0 saturated carbocycles. The number of thiophene rings is 1. The van der Waals surface area contributed by atoms with Crippen LogP contribution in [0, 0.1) is 0 Å². The first-order valence-electron chi connectivity index (χ1n) is 12.5. The van der Waals surface area contributed by atoms with Crippen LogP contribution >= 0.6 is 22.9 Å². The number of hydrogen-bond acceptors (Lipinski definition) is 4. The van der Waals surface area contributed by atoms with Gasteiger partial charge in [0.15, 0.2) is 0 Å². The molecular formula is C29H32ClN3O3S. The van der Waals surface area contributed by atoms with Gasteiger partial charge < -0.3 is 20.3 Å². The van der Waals surface area contributed by atoms with E-state index in [1.165, 1.54) is 16.9 Å². The fraction of sp³-hybridized carbons (Fsp3) is 0.310. The quantitative estimate of drug-likeness (QED) is 0.374. The topological polar surface area (TPSA) is 70.7 Å². The first-order chi connectivity index (χ1) is 18.1. The van der Waals surface area contributed by atoms with Crippen molar-refractivity contribution >= 4 is 41.0 Å². The highest BCUT2D eigenvalue weighted by atomic mass is 35.5. The van der Waals surface area contributed by atoms with Crippen LogP contribution in [0.15, 0.2) is 78.9 Å². The van der Waals surface area contributed by atoms with Gasteiger partial charge in [0.1, 0.15) is 6.04 Å². The number of nitrogens with zero attached hydrogens (tertiary/aromatic N) is 1. The number of urea groups is 1. The Hall–Kier alpha value is -3.13. The maximum Gasteiger partial charge on any atom is 0.318 e. The zero-order valence-corrected chi connectivity index (χ0v) is 22.2. The Morgan fingerprint density at radius 1 is 0.946 bits per heavy atom. The second-order valence-electron chi connectivity index (χ2n) is 8.93. The molecule has 6 nitrogen and oxygen atoms in total. The SMILES string of the molecule is O=C(NC(C=Cc1ccc(Cl)s1)CCc1ccccc1)C(Cc1ccccc1)NC(=O)N1CCOCC1. The van der Waals surface area contributed by atoms with Crippen LogP contribution in [-0.4, -0.2) is 55.2 Å². The summed E-state index contributed by atoms with van der Waals surface area (Å²) in [7, 11) is 0. The summed E-state index contributed by atoms with van der Waals surface area (Å²) in [5.74, 6) is -0.211. The number of morpholine rings is 1. The van der Waals surface area contributed by atoms with E-state index in [-0.39, 0.29) is 18.0 Å². The van der Waals surface area contributed by atoms with Gasteiger partial charge in [-0.2, -0.15) is 0 Å². The van der Waals surface area contributed by atoms with Crippen molar-refractivity contribution in [3.05, 3.63) is 99.2 Å². The van der Waals surface area contributed by atoms with Gasteiger partial charge in [-0.15, -0.1) is 11.3 Å². The van der Waals surface area contributed by atoms with Crippen molar-refractivity contribution in [3.63, 3.8) is 0 Å². The standard InChI is InChI=1S/C29H32ClN3O3S/c30-27-16-15-25(37-27)14-13-24(12-11-22-7-3-1-4-8-22)31-28(34)26(21-23-9-5-2-6-10-23)32-29(35)33-17-19-36-20-18-33/h1-10,13-16,24,26H,11-12,17-21H2,(H,31,34)(H,32,35).